The van der Waals surface area contributed by atoms with Crippen molar-refractivity contribution >= 4 is 27.3 Å². The molecule has 1 aliphatic heterocycles. The van der Waals surface area contributed by atoms with Crippen LogP contribution < -0.4 is 5.32 Å². The van der Waals surface area contributed by atoms with Gasteiger partial charge in [0.2, 0.25) is 5.91 Å². The number of sulfone groups is 1. The molecule has 4 nitrogen and oxygen atoms in total. The number of piperidine rings is 1. The number of amides is 1. The second kappa shape index (κ2) is 7.88. The van der Waals surface area contributed by atoms with Gasteiger partial charge in [-0.25, -0.2) is 8.42 Å². The zero-order valence-corrected chi connectivity index (χ0v) is 17.1. The van der Waals surface area contributed by atoms with Crippen LogP contribution in [-0.4, -0.2) is 31.0 Å². The normalized spacial score (nSPS) is 30.3. The van der Waals surface area contributed by atoms with Crippen LogP contribution in [0, 0.1) is 5.92 Å². The highest BCUT2D eigenvalue weighted by Gasteiger charge is 2.51. The lowest BCUT2D eigenvalue weighted by molar-refractivity contribution is -0.125. The molecule has 2 aromatic carbocycles. The van der Waals surface area contributed by atoms with Crippen LogP contribution in [0.1, 0.15) is 36.3 Å². The van der Waals surface area contributed by atoms with Crippen LogP contribution in [-0.2, 0) is 20.4 Å². The Kier molecular flexibility index (Phi) is 5.48. The van der Waals surface area contributed by atoms with Crippen LogP contribution in [0.15, 0.2) is 60.7 Å². The van der Waals surface area contributed by atoms with Crippen molar-refractivity contribution in [2.24, 2.45) is 5.92 Å². The molecule has 1 saturated carbocycles. The van der Waals surface area contributed by atoms with Crippen LogP contribution in [0.25, 0.3) is 0 Å². The van der Waals surface area contributed by atoms with E-state index in [4.69, 9.17) is 11.6 Å². The number of halogens is 1. The first-order valence-electron chi connectivity index (χ1n) is 9.70. The summed E-state index contributed by atoms with van der Waals surface area (Å²) >= 11 is 6.46. The molecule has 0 spiro atoms. The van der Waals surface area contributed by atoms with E-state index in [0.717, 1.165) is 18.4 Å². The van der Waals surface area contributed by atoms with Gasteiger partial charge in [-0.3, -0.25) is 4.79 Å². The summed E-state index contributed by atoms with van der Waals surface area (Å²) in [5, 5.41) is 1.92. The van der Waals surface area contributed by atoms with Crippen molar-refractivity contribution in [2.45, 2.75) is 47.6 Å². The first-order chi connectivity index (χ1) is 13.5. The number of rotatable bonds is 4. The molecule has 5 atom stereocenters. The second-order valence-electron chi connectivity index (χ2n) is 7.84. The van der Waals surface area contributed by atoms with Crippen LogP contribution in [0.3, 0.4) is 0 Å². The minimum atomic E-state index is -3.71. The molecule has 2 aromatic rings. The molecular formula is C22H24ClNO3S. The van der Waals surface area contributed by atoms with E-state index >= 15 is 0 Å². The molecule has 148 valence electrons. The monoisotopic (exact) mass is 417 g/mol. The van der Waals surface area contributed by atoms with Crippen molar-refractivity contribution < 1.29 is 13.2 Å². The number of nitrogens with one attached hydrogen (secondary N) is 1. The Balaban J connectivity index is 1.75. The molecule has 0 radical (unpaired) electrons. The summed E-state index contributed by atoms with van der Waals surface area (Å²) in [4.78, 5) is 13.0. The first-order valence-corrected chi connectivity index (χ1v) is 11.9. The van der Waals surface area contributed by atoms with E-state index in [1.54, 1.807) is 12.1 Å². The number of alkyl halides is 1. The van der Waals surface area contributed by atoms with E-state index in [1.807, 2.05) is 48.5 Å². The van der Waals surface area contributed by atoms with Crippen molar-refractivity contribution in [3.05, 3.63) is 71.8 Å². The minimum Gasteiger partial charge on any atom is -0.352 e. The van der Waals surface area contributed by atoms with Crippen molar-refractivity contribution in [3.8, 4) is 0 Å². The highest BCUT2D eigenvalue weighted by molar-refractivity contribution is 7.92. The van der Waals surface area contributed by atoms with Gasteiger partial charge in [-0.1, -0.05) is 60.7 Å². The molecule has 2 fully saturated rings. The SMILES string of the molecule is O=C1NC2CCC(Cl)CC2C(c2ccccc2)C1S(=O)(=O)Cc1ccccc1. The topological polar surface area (TPSA) is 63.2 Å². The van der Waals surface area contributed by atoms with Crippen LogP contribution in [0.5, 0.6) is 0 Å². The second-order valence-corrected chi connectivity index (χ2v) is 10.6. The summed E-state index contributed by atoms with van der Waals surface area (Å²) in [5.41, 5.74) is 1.60. The molecule has 1 amide bonds. The maximum atomic E-state index is 13.4. The highest BCUT2D eigenvalue weighted by atomic mass is 35.5. The Morgan fingerprint density at radius 1 is 0.964 bits per heavy atom. The largest absolute Gasteiger partial charge is 0.352 e. The molecule has 1 aliphatic carbocycles. The van der Waals surface area contributed by atoms with E-state index in [-0.39, 0.29) is 34.9 Å². The molecule has 1 heterocycles. The molecule has 2 aliphatic rings. The summed E-state index contributed by atoms with van der Waals surface area (Å²) in [5.74, 6) is -0.877. The lowest BCUT2D eigenvalue weighted by Gasteiger charge is -2.46. The average molecular weight is 418 g/mol. The molecule has 5 unspecified atom stereocenters. The number of hydrogen-bond donors (Lipinski definition) is 1. The third-order valence-corrected chi connectivity index (χ3v) is 8.40. The standard InChI is InChI=1S/C22H24ClNO3S/c23-17-11-12-19-18(13-17)20(16-9-5-2-6-10-16)21(22(25)24-19)28(26,27)14-15-7-3-1-4-8-15/h1-10,17-21H,11-14H2,(H,24,25). The molecule has 28 heavy (non-hydrogen) atoms. The molecular weight excluding hydrogens is 394 g/mol. The van der Waals surface area contributed by atoms with Gasteiger partial charge in [0.1, 0.15) is 5.25 Å². The zero-order valence-electron chi connectivity index (χ0n) is 15.5. The van der Waals surface area contributed by atoms with E-state index in [2.05, 4.69) is 5.32 Å². The van der Waals surface area contributed by atoms with Gasteiger partial charge < -0.3 is 5.32 Å². The number of carbonyl (C=O) groups is 1. The number of fused-ring (bicyclic) bond motifs is 1. The average Bonchev–Trinajstić information content (AvgIpc) is 2.68. The zero-order chi connectivity index (χ0) is 19.7. The fraction of sp³-hybridized carbons (Fsp3) is 0.409. The van der Waals surface area contributed by atoms with Crippen molar-refractivity contribution in [1.82, 2.24) is 5.32 Å². The summed E-state index contributed by atoms with van der Waals surface area (Å²) in [6.07, 6.45) is 2.34. The predicted octanol–water partition coefficient (Wildman–Crippen LogP) is 3.66. The molecule has 0 aromatic heterocycles. The maximum absolute atomic E-state index is 13.4. The lowest BCUT2D eigenvalue weighted by Crippen LogP contribution is -2.60. The smallest absolute Gasteiger partial charge is 0.239 e. The summed E-state index contributed by atoms with van der Waals surface area (Å²) < 4.78 is 26.8. The maximum Gasteiger partial charge on any atom is 0.239 e. The quantitative estimate of drug-likeness (QED) is 0.772. The number of hydrogen-bond acceptors (Lipinski definition) is 3. The fourth-order valence-corrected chi connectivity index (χ4v) is 7.13. The molecule has 6 heteroatoms. The third-order valence-electron chi connectivity index (χ3n) is 5.99. The fourth-order valence-electron chi connectivity index (χ4n) is 4.76. The van der Waals surface area contributed by atoms with Gasteiger partial charge in [0.05, 0.1) is 5.75 Å². The van der Waals surface area contributed by atoms with Gasteiger partial charge in [-0.05, 0) is 36.3 Å². The van der Waals surface area contributed by atoms with Crippen molar-refractivity contribution in [2.75, 3.05) is 0 Å². The van der Waals surface area contributed by atoms with Gasteiger partial charge >= 0.3 is 0 Å². The van der Waals surface area contributed by atoms with Crippen LogP contribution in [0.2, 0.25) is 0 Å². The van der Waals surface area contributed by atoms with E-state index in [1.165, 1.54) is 0 Å². The summed E-state index contributed by atoms with van der Waals surface area (Å²) in [7, 11) is -3.71. The number of benzene rings is 2. The Labute approximate surface area is 171 Å². The van der Waals surface area contributed by atoms with E-state index in [0.29, 0.717) is 12.0 Å². The van der Waals surface area contributed by atoms with Gasteiger partial charge in [0, 0.05) is 17.3 Å². The van der Waals surface area contributed by atoms with Gasteiger partial charge in [-0.2, -0.15) is 0 Å². The Morgan fingerprint density at radius 2 is 1.61 bits per heavy atom. The highest BCUT2D eigenvalue weighted by Crippen LogP contribution is 2.45. The van der Waals surface area contributed by atoms with Crippen molar-refractivity contribution in [3.63, 3.8) is 0 Å². The number of carbonyl (C=O) groups excluding carboxylic acids is 1. The molecule has 0 bridgehead atoms. The summed E-state index contributed by atoms with van der Waals surface area (Å²) in [6.45, 7) is 0. The minimum absolute atomic E-state index is 0.0138. The van der Waals surface area contributed by atoms with E-state index < -0.39 is 15.1 Å². The summed E-state index contributed by atoms with van der Waals surface area (Å²) in [6, 6.07) is 18.6. The first kappa shape index (κ1) is 19.5. The van der Waals surface area contributed by atoms with Crippen LogP contribution >= 0.6 is 11.6 Å². The van der Waals surface area contributed by atoms with E-state index in [9.17, 15) is 13.2 Å². The predicted molar refractivity (Wildman–Crippen MR) is 111 cm³/mol. The van der Waals surface area contributed by atoms with Gasteiger partial charge in [0.15, 0.2) is 9.84 Å². The Hall–Kier alpha value is -1.85. The van der Waals surface area contributed by atoms with Gasteiger partial charge in [0.25, 0.3) is 0 Å². The molecule has 4 rings (SSSR count). The lowest BCUT2D eigenvalue weighted by atomic mass is 9.69. The third kappa shape index (κ3) is 3.83. The van der Waals surface area contributed by atoms with Crippen molar-refractivity contribution in [1.29, 1.82) is 0 Å². The molecule has 1 N–H and O–H groups in total. The Bertz CT molecular complexity index is 933. The van der Waals surface area contributed by atoms with Gasteiger partial charge in [-0.15, -0.1) is 11.6 Å². The van der Waals surface area contributed by atoms with Crippen LogP contribution in [0.4, 0.5) is 0 Å². The Morgan fingerprint density at radius 3 is 2.29 bits per heavy atom. The molecule has 1 saturated heterocycles.